The number of phenols is 1. The van der Waals surface area contributed by atoms with Gasteiger partial charge >= 0.3 is 0 Å². The molecule has 122 valence electrons. The van der Waals surface area contributed by atoms with Crippen LogP contribution in [0.2, 0.25) is 0 Å². The number of para-hydroxylation sites is 1. The lowest BCUT2D eigenvalue weighted by Crippen LogP contribution is -2.17. The summed E-state index contributed by atoms with van der Waals surface area (Å²) in [6.45, 7) is 0. The molecular formula is C17H11N5O2S. The normalized spacial score (nSPS) is 11.5. The van der Waals surface area contributed by atoms with Crippen molar-refractivity contribution < 1.29 is 5.11 Å². The molecule has 2 N–H and O–H groups in total. The molecule has 4 aromatic rings. The van der Waals surface area contributed by atoms with E-state index in [1.54, 1.807) is 42.6 Å². The Hall–Kier alpha value is -3.39. The molecule has 8 heteroatoms. The van der Waals surface area contributed by atoms with Crippen molar-refractivity contribution in [2.75, 3.05) is 0 Å². The van der Waals surface area contributed by atoms with Gasteiger partial charge in [-0.3, -0.25) is 9.78 Å². The molecule has 25 heavy (non-hydrogen) atoms. The quantitative estimate of drug-likeness (QED) is 0.424. The number of nitrogens with one attached hydrogen (secondary N) is 1. The fourth-order valence-corrected chi connectivity index (χ4v) is 2.79. The zero-order valence-electron chi connectivity index (χ0n) is 12.7. The Bertz CT molecular complexity index is 1260. The van der Waals surface area contributed by atoms with Crippen molar-refractivity contribution in [1.82, 2.24) is 14.6 Å². The third-order valence-corrected chi connectivity index (χ3v) is 4.03. The summed E-state index contributed by atoms with van der Waals surface area (Å²) in [5, 5.41) is 19.1. The van der Waals surface area contributed by atoms with E-state index in [1.807, 2.05) is 6.07 Å². The smallest absolute Gasteiger partial charge is 0.284 e. The Morgan fingerprint density at radius 3 is 2.76 bits per heavy atom. The molecule has 0 unspecified atom stereocenters. The molecule has 0 aliphatic carbocycles. The predicted molar refractivity (Wildman–Crippen MR) is 96.7 cm³/mol. The van der Waals surface area contributed by atoms with Gasteiger partial charge in [0.05, 0.1) is 16.6 Å². The molecule has 0 atom stereocenters. The van der Waals surface area contributed by atoms with Crippen LogP contribution in [0.25, 0.3) is 21.8 Å². The number of hydrogen-bond donors (Lipinski definition) is 2. The zero-order chi connectivity index (χ0) is 17.4. The molecule has 0 amide bonds. The molecule has 0 saturated heterocycles. The lowest BCUT2D eigenvalue weighted by Gasteiger charge is -2.03. The van der Waals surface area contributed by atoms with Crippen LogP contribution in [0.4, 0.5) is 5.69 Å². The number of aromatic hydroxyl groups is 1. The molecule has 2 heterocycles. The van der Waals surface area contributed by atoms with E-state index in [1.165, 1.54) is 6.07 Å². The number of fused-ring (bicyclic) bond motifs is 2. The van der Waals surface area contributed by atoms with Crippen LogP contribution in [-0.4, -0.2) is 19.8 Å². The van der Waals surface area contributed by atoms with Crippen LogP contribution in [0, 0.1) is 4.77 Å². The van der Waals surface area contributed by atoms with Gasteiger partial charge in [-0.2, -0.15) is 4.68 Å². The molecule has 0 fully saturated rings. The number of nitrogens with zero attached hydrogens (tertiary/aromatic N) is 4. The molecule has 2 aromatic carbocycles. The highest BCUT2D eigenvalue weighted by molar-refractivity contribution is 7.71. The molecule has 0 radical (unpaired) electrons. The molecule has 0 aliphatic rings. The van der Waals surface area contributed by atoms with Crippen LogP contribution in [0.15, 0.2) is 69.9 Å². The Morgan fingerprint density at radius 1 is 1.08 bits per heavy atom. The van der Waals surface area contributed by atoms with E-state index in [0.717, 1.165) is 4.68 Å². The first-order valence-corrected chi connectivity index (χ1v) is 7.79. The second-order valence-corrected chi connectivity index (χ2v) is 5.67. The molecule has 0 bridgehead atoms. The van der Waals surface area contributed by atoms with Crippen molar-refractivity contribution in [1.29, 1.82) is 0 Å². The van der Waals surface area contributed by atoms with Crippen LogP contribution >= 0.6 is 12.2 Å². The molecule has 2 aromatic heterocycles. The zero-order valence-corrected chi connectivity index (χ0v) is 13.6. The van der Waals surface area contributed by atoms with Gasteiger partial charge in [-0.1, -0.05) is 17.4 Å². The average Bonchev–Trinajstić information content (AvgIpc) is 2.63. The highest BCUT2D eigenvalue weighted by Gasteiger charge is 2.07. The summed E-state index contributed by atoms with van der Waals surface area (Å²) in [4.78, 5) is 19.6. The second kappa shape index (κ2) is 5.91. The van der Waals surface area contributed by atoms with Crippen LogP contribution in [0.3, 0.4) is 0 Å². The van der Waals surface area contributed by atoms with Gasteiger partial charge < -0.3 is 10.1 Å². The topological polar surface area (TPSA) is 95.6 Å². The number of aromatic amines is 1. The molecule has 7 nitrogen and oxygen atoms in total. The summed E-state index contributed by atoms with van der Waals surface area (Å²) in [5.74, 6) is 0.0507. The van der Waals surface area contributed by atoms with E-state index >= 15 is 0 Å². The fraction of sp³-hybridized carbons (Fsp3) is 0. The van der Waals surface area contributed by atoms with Crippen LogP contribution in [-0.2, 0) is 0 Å². The highest BCUT2D eigenvalue weighted by Crippen LogP contribution is 2.30. The van der Waals surface area contributed by atoms with Crippen molar-refractivity contribution >= 4 is 39.7 Å². The lowest BCUT2D eigenvalue weighted by atomic mass is 10.2. The first kappa shape index (κ1) is 15.2. The van der Waals surface area contributed by atoms with Crippen molar-refractivity contribution in [3.8, 4) is 5.75 Å². The minimum absolute atomic E-state index is 0.0507. The van der Waals surface area contributed by atoms with Gasteiger partial charge in [-0.25, -0.2) is 0 Å². The maximum absolute atomic E-state index is 12.6. The number of benzene rings is 2. The van der Waals surface area contributed by atoms with Gasteiger partial charge in [-0.05, 0) is 48.6 Å². The number of aromatic nitrogens is 3. The van der Waals surface area contributed by atoms with Crippen LogP contribution in [0.1, 0.15) is 0 Å². The monoisotopic (exact) mass is 349 g/mol. The fourth-order valence-electron chi connectivity index (χ4n) is 2.56. The Balaban J connectivity index is 1.89. The third-order valence-electron chi connectivity index (χ3n) is 3.75. The van der Waals surface area contributed by atoms with Gasteiger partial charge in [0.2, 0.25) is 4.77 Å². The lowest BCUT2D eigenvalue weighted by molar-refractivity contribution is 0.480. The van der Waals surface area contributed by atoms with Crippen molar-refractivity contribution in [3.05, 3.63) is 69.9 Å². The van der Waals surface area contributed by atoms with Gasteiger partial charge in [0.25, 0.3) is 5.56 Å². The van der Waals surface area contributed by atoms with E-state index in [9.17, 15) is 9.90 Å². The molecular weight excluding hydrogens is 338 g/mol. The van der Waals surface area contributed by atoms with Gasteiger partial charge in [0.1, 0.15) is 11.3 Å². The SMILES string of the molecule is O=c1c2ccccc2[nH]c(=S)n1N=Nc1ccc(O)c2ncccc12. The minimum Gasteiger partial charge on any atom is -0.506 e. The van der Waals surface area contributed by atoms with Crippen molar-refractivity contribution in [3.63, 3.8) is 0 Å². The van der Waals surface area contributed by atoms with Gasteiger partial charge in [-0.15, -0.1) is 5.11 Å². The van der Waals surface area contributed by atoms with Crippen molar-refractivity contribution in [2.45, 2.75) is 0 Å². The number of phenolic OH excluding ortho intramolecular Hbond substituents is 1. The largest absolute Gasteiger partial charge is 0.506 e. The molecule has 4 rings (SSSR count). The summed E-state index contributed by atoms with van der Waals surface area (Å²) >= 11 is 5.20. The van der Waals surface area contributed by atoms with E-state index in [0.29, 0.717) is 27.5 Å². The Labute approximate surface area is 145 Å². The first-order valence-electron chi connectivity index (χ1n) is 7.38. The number of H-pyrrole nitrogens is 1. The van der Waals surface area contributed by atoms with Gasteiger partial charge in [0.15, 0.2) is 0 Å². The second-order valence-electron chi connectivity index (χ2n) is 5.29. The maximum atomic E-state index is 12.6. The van der Waals surface area contributed by atoms with E-state index in [-0.39, 0.29) is 16.1 Å². The van der Waals surface area contributed by atoms with E-state index < -0.39 is 0 Å². The number of pyridine rings is 1. The highest BCUT2D eigenvalue weighted by atomic mass is 32.1. The molecule has 0 aliphatic heterocycles. The summed E-state index contributed by atoms with van der Waals surface area (Å²) < 4.78 is 1.18. The Kier molecular flexibility index (Phi) is 3.58. The van der Waals surface area contributed by atoms with E-state index in [4.69, 9.17) is 12.2 Å². The summed E-state index contributed by atoms with van der Waals surface area (Å²) in [7, 11) is 0. The maximum Gasteiger partial charge on any atom is 0.284 e. The Morgan fingerprint density at radius 2 is 1.88 bits per heavy atom. The van der Waals surface area contributed by atoms with Crippen LogP contribution in [0.5, 0.6) is 5.75 Å². The summed E-state index contributed by atoms with van der Waals surface area (Å²) in [6.07, 6.45) is 1.58. The number of rotatable bonds is 2. The van der Waals surface area contributed by atoms with E-state index in [2.05, 4.69) is 20.3 Å². The minimum atomic E-state index is -0.357. The number of hydrogen-bond acceptors (Lipinski definition) is 6. The summed E-state index contributed by atoms with van der Waals surface area (Å²) in [5.41, 5.74) is 1.16. The summed E-state index contributed by atoms with van der Waals surface area (Å²) in [6, 6.07) is 13.6. The van der Waals surface area contributed by atoms with Crippen LogP contribution < -0.4 is 5.56 Å². The standard InChI is InChI=1S/C17H11N5O2S/c23-14-8-7-13(10-5-3-9-18-15(10)14)20-21-22-16(24)11-4-1-2-6-12(11)19-17(22)25/h1-9,23H,(H,19,25). The predicted octanol–water partition coefficient (Wildman–Crippen LogP) is 3.86. The third kappa shape index (κ3) is 2.58. The van der Waals surface area contributed by atoms with Gasteiger partial charge in [0, 0.05) is 11.6 Å². The molecule has 0 saturated carbocycles. The first-order chi connectivity index (χ1) is 12.1. The molecule has 0 spiro atoms. The van der Waals surface area contributed by atoms with Crippen molar-refractivity contribution in [2.24, 2.45) is 10.3 Å². The average molecular weight is 349 g/mol.